The fourth-order valence-electron chi connectivity index (χ4n) is 2.97. The number of allylic oxidation sites excluding steroid dienone is 1. The highest BCUT2D eigenvalue weighted by atomic mass is 32.1. The maximum Gasteiger partial charge on any atom is 0.263 e. The van der Waals surface area contributed by atoms with Crippen molar-refractivity contribution in [1.82, 2.24) is 15.0 Å². The minimum absolute atomic E-state index is 0.161. The molecule has 7 heteroatoms. The summed E-state index contributed by atoms with van der Waals surface area (Å²) < 4.78 is 1.30. The van der Waals surface area contributed by atoms with Crippen LogP contribution in [0.1, 0.15) is 5.56 Å². The van der Waals surface area contributed by atoms with E-state index < -0.39 is 5.91 Å². The lowest BCUT2D eigenvalue weighted by molar-refractivity contribution is -0.121. The molecule has 0 radical (unpaired) electrons. The predicted molar refractivity (Wildman–Crippen MR) is 121 cm³/mol. The summed E-state index contributed by atoms with van der Waals surface area (Å²) in [6, 6.07) is 19.4. The molecule has 6 nitrogen and oxygen atoms in total. The van der Waals surface area contributed by atoms with Crippen molar-refractivity contribution in [3.8, 4) is 11.1 Å². The molecule has 4 rings (SSSR count). The molecule has 2 aromatic heterocycles. The van der Waals surface area contributed by atoms with Gasteiger partial charge in [0, 0.05) is 17.2 Å². The van der Waals surface area contributed by atoms with Gasteiger partial charge < -0.3 is 0 Å². The highest BCUT2D eigenvalue weighted by molar-refractivity contribution is 7.17. The summed E-state index contributed by atoms with van der Waals surface area (Å²) in [6.07, 6.45) is 6.49. The lowest BCUT2D eigenvalue weighted by Crippen LogP contribution is -2.30. The minimum atomic E-state index is -0.404. The molecule has 148 valence electrons. The Labute approximate surface area is 176 Å². The van der Waals surface area contributed by atoms with Gasteiger partial charge in [-0.15, -0.1) is 11.3 Å². The van der Waals surface area contributed by atoms with Crippen LogP contribution in [0, 0.1) is 0 Å². The zero-order valence-corrected chi connectivity index (χ0v) is 16.8. The van der Waals surface area contributed by atoms with Gasteiger partial charge in [-0.2, -0.15) is 5.10 Å². The summed E-state index contributed by atoms with van der Waals surface area (Å²) >= 11 is 1.41. The molecule has 0 atom stereocenters. The van der Waals surface area contributed by atoms with E-state index in [2.05, 4.69) is 15.5 Å². The Morgan fingerprint density at radius 2 is 1.83 bits per heavy atom. The van der Waals surface area contributed by atoms with Crippen LogP contribution in [-0.2, 0) is 11.3 Å². The average Bonchev–Trinajstić information content (AvgIpc) is 3.22. The first-order valence-electron chi connectivity index (χ1n) is 9.28. The minimum Gasteiger partial charge on any atom is -0.289 e. The van der Waals surface area contributed by atoms with Crippen LogP contribution in [0.5, 0.6) is 0 Å². The highest BCUT2D eigenvalue weighted by Gasteiger charge is 2.14. The molecule has 0 aliphatic rings. The van der Waals surface area contributed by atoms with Crippen molar-refractivity contribution in [3.05, 3.63) is 94.4 Å². The van der Waals surface area contributed by atoms with Gasteiger partial charge in [0.15, 0.2) is 0 Å². The third kappa shape index (κ3) is 4.42. The number of rotatable bonds is 6. The summed E-state index contributed by atoms with van der Waals surface area (Å²) in [7, 11) is 0. The predicted octanol–water partition coefficient (Wildman–Crippen LogP) is 3.94. The number of hydrazone groups is 1. The van der Waals surface area contributed by atoms with Crippen LogP contribution in [0.4, 0.5) is 0 Å². The molecule has 0 unspecified atom stereocenters. The second-order valence-corrected chi connectivity index (χ2v) is 7.31. The molecule has 0 aliphatic heterocycles. The number of hydrogen-bond donors (Lipinski definition) is 1. The SMILES string of the molecule is O=C(Cn1cnc2scc(-c3ccccc3)c2c1=O)N/N=C/C=C/c1ccccc1. The number of nitrogens with one attached hydrogen (secondary N) is 1. The fraction of sp³-hybridized carbons (Fsp3) is 0.0435. The highest BCUT2D eigenvalue weighted by Crippen LogP contribution is 2.30. The third-order valence-corrected chi connectivity index (χ3v) is 5.28. The molecule has 2 heterocycles. The Balaban J connectivity index is 1.47. The van der Waals surface area contributed by atoms with E-state index in [-0.39, 0.29) is 12.1 Å². The molecule has 0 fully saturated rings. The van der Waals surface area contributed by atoms with Crippen LogP contribution in [0.2, 0.25) is 0 Å². The Morgan fingerprint density at radius 3 is 2.60 bits per heavy atom. The molecule has 1 amide bonds. The summed E-state index contributed by atoms with van der Waals surface area (Å²) in [4.78, 5) is 30.1. The molecule has 1 N–H and O–H groups in total. The Bertz CT molecular complexity index is 1280. The number of carbonyl (C=O) groups excluding carboxylic acids is 1. The van der Waals surface area contributed by atoms with E-state index in [1.165, 1.54) is 28.4 Å². The van der Waals surface area contributed by atoms with E-state index in [9.17, 15) is 9.59 Å². The lowest BCUT2D eigenvalue weighted by atomic mass is 10.1. The number of aromatic nitrogens is 2. The molecule has 0 saturated heterocycles. The van der Waals surface area contributed by atoms with Crippen molar-refractivity contribution in [2.75, 3.05) is 0 Å². The van der Waals surface area contributed by atoms with Crippen LogP contribution in [-0.4, -0.2) is 21.7 Å². The van der Waals surface area contributed by atoms with E-state index in [1.54, 1.807) is 6.08 Å². The Hall–Kier alpha value is -3.84. The second-order valence-electron chi connectivity index (χ2n) is 6.46. The molecule has 0 aliphatic carbocycles. The molecule has 0 spiro atoms. The van der Waals surface area contributed by atoms with Gasteiger partial charge in [-0.05, 0) is 17.2 Å². The van der Waals surface area contributed by atoms with Gasteiger partial charge in [-0.25, -0.2) is 10.4 Å². The van der Waals surface area contributed by atoms with Crippen LogP contribution >= 0.6 is 11.3 Å². The van der Waals surface area contributed by atoms with E-state index in [1.807, 2.05) is 72.1 Å². The van der Waals surface area contributed by atoms with Crippen molar-refractivity contribution in [1.29, 1.82) is 0 Å². The summed E-state index contributed by atoms with van der Waals surface area (Å²) in [5.74, 6) is -0.404. The largest absolute Gasteiger partial charge is 0.289 e. The third-order valence-electron chi connectivity index (χ3n) is 4.40. The Morgan fingerprint density at radius 1 is 1.10 bits per heavy atom. The zero-order chi connectivity index (χ0) is 20.8. The molecule has 0 bridgehead atoms. The quantitative estimate of drug-likeness (QED) is 0.384. The van der Waals surface area contributed by atoms with E-state index in [4.69, 9.17) is 0 Å². The van der Waals surface area contributed by atoms with E-state index >= 15 is 0 Å². The van der Waals surface area contributed by atoms with Gasteiger partial charge in [0.25, 0.3) is 11.5 Å². The zero-order valence-electron chi connectivity index (χ0n) is 15.9. The van der Waals surface area contributed by atoms with Crippen molar-refractivity contribution in [3.63, 3.8) is 0 Å². The van der Waals surface area contributed by atoms with Crippen LogP contribution in [0.25, 0.3) is 27.4 Å². The van der Waals surface area contributed by atoms with Crippen LogP contribution in [0.15, 0.2) is 88.3 Å². The number of thiophene rings is 1. The normalized spacial score (nSPS) is 11.5. The van der Waals surface area contributed by atoms with Gasteiger partial charge in [0.1, 0.15) is 11.4 Å². The summed E-state index contributed by atoms with van der Waals surface area (Å²) in [6.45, 7) is -0.161. The molecular formula is C23H18N4O2S. The topological polar surface area (TPSA) is 76.3 Å². The van der Waals surface area contributed by atoms with Gasteiger partial charge in [-0.3, -0.25) is 14.2 Å². The monoisotopic (exact) mass is 414 g/mol. The van der Waals surface area contributed by atoms with Crippen molar-refractivity contribution in [2.24, 2.45) is 5.10 Å². The number of fused-ring (bicyclic) bond motifs is 1. The van der Waals surface area contributed by atoms with Crippen LogP contribution in [0.3, 0.4) is 0 Å². The number of nitrogens with zero attached hydrogens (tertiary/aromatic N) is 3. The maximum atomic E-state index is 13.0. The number of hydrogen-bond acceptors (Lipinski definition) is 5. The first kappa shape index (κ1) is 19.5. The summed E-state index contributed by atoms with van der Waals surface area (Å²) in [5, 5.41) is 6.33. The standard InChI is InChI=1S/C23H18N4O2S/c28-20(26-25-13-7-10-17-8-3-1-4-9-17)14-27-16-24-22-21(23(27)29)19(15-30-22)18-11-5-2-6-12-18/h1-13,15-16H,14H2,(H,26,28)/b10-7+,25-13+. The maximum absolute atomic E-state index is 13.0. The second kappa shape index (κ2) is 9.11. The van der Waals surface area contributed by atoms with Crippen molar-refractivity contribution in [2.45, 2.75) is 6.54 Å². The number of benzene rings is 2. The molecule has 4 aromatic rings. The van der Waals surface area contributed by atoms with Gasteiger partial charge in [-0.1, -0.05) is 66.7 Å². The smallest absolute Gasteiger partial charge is 0.263 e. The lowest BCUT2D eigenvalue weighted by Gasteiger charge is -2.05. The Kier molecular flexibility index (Phi) is 5.91. The molecular weight excluding hydrogens is 396 g/mol. The van der Waals surface area contributed by atoms with Gasteiger partial charge in [0.05, 0.1) is 11.7 Å². The van der Waals surface area contributed by atoms with Gasteiger partial charge >= 0.3 is 0 Å². The van der Waals surface area contributed by atoms with E-state index in [0.717, 1.165) is 16.7 Å². The van der Waals surface area contributed by atoms with Crippen molar-refractivity contribution < 1.29 is 4.79 Å². The number of amides is 1. The molecule has 30 heavy (non-hydrogen) atoms. The fourth-order valence-corrected chi connectivity index (χ4v) is 3.88. The number of carbonyl (C=O) groups is 1. The first-order chi connectivity index (χ1) is 14.7. The molecule has 2 aromatic carbocycles. The van der Waals surface area contributed by atoms with Crippen molar-refractivity contribution >= 4 is 39.8 Å². The van der Waals surface area contributed by atoms with Crippen LogP contribution < -0.4 is 11.0 Å². The average molecular weight is 414 g/mol. The van der Waals surface area contributed by atoms with E-state index in [0.29, 0.717) is 10.2 Å². The van der Waals surface area contributed by atoms with Gasteiger partial charge in [0.2, 0.25) is 0 Å². The summed E-state index contributed by atoms with van der Waals surface area (Å²) in [5.41, 5.74) is 4.98. The first-order valence-corrected chi connectivity index (χ1v) is 10.2. The molecule has 0 saturated carbocycles.